The molecule has 74 valence electrons. The van der Waals surface area contributed by atoms with Crippen LogP contribution in [-0.2, 0) is 0 Å². The zero-order valence-electron chi connectivity index (χ0n) is 9.02. The van der Waals surface area contributed by atoms with Crippen LogP contribution in [0.1, 0.15) is 20.8 Å². The maximum absolute atomic E-state index is 7.05. The van der Waals surface area contributed by atoms with Gasteiger partial charge in [0.2, 0.25) is 0 Å². The largest absolute Gasteiger partial charge is 0.333 e. The van der Waals surface area contributed by atoms with Crippen LogP contribution in [0.3, 0.4) is 0 Å². The molecule has 0 rings (SSSR count). The lowest BCUT2D eigenvalue weighted by atomic mass is 10.0. The normalized spacial score (nSPS) is 12.2. The molecule has 0 saturated heterocycles. The van der Waals surface area contributed by atoms with Gasteiger partial charge in [0.05, 0.1) is 0 Å². The second-order valence-electron chi connectivity index (χ2n) is 2.42. The average molecular weight is 180 g/mol. The molecular weight excluding hydrogens is 160 g/mol. The Morgan fingerprint density at radius 3 is 2.00 bits per heavy atom. The summed E-state index contributed by atoms with van der Waals surface area (Å²) in [6, 6.07) is 0. The zero-order chi connectivity index (χ0) is 10.9. The Bertz CT molecular complexity index is 222. The van der Waals surface area contributed by atoms with Gasteiger partial charge in [0.1, 0.15) is 0 Å². The number of hydrogen-bond acceptors (Lipinski definition) is 2. The fourth-order valence-electron chi connectivity index (χ4n) is 0.866. The molecule has 0 aromatic rings. The van der Waals surface area contributed by atoms with Crippen LogP contribution in [0.5, 0.6) is 0 Å². The molecule has 0 saturated carbocycles. The van der Waals surface area contributed by atoms with Crippen molar-refractivity contribution in [1.82, 2.24) is 0 Å². The maximum Gasteiger partial charge on any atom is 0.0213 e. The average Bonchev–Trinajstić information content (AvgIpc) is 2.21. The number of rotatable bonds is 3. The molecule has 3 N–H and O–H groups in total. The molecule has 0 heterocycles. The molecule has 0 amide bonds. The third-order valence-corrected chi connectivity index (χ3v) is 1.70. The molecule has 0 aliphatic rings. The molecule has 0 aliphatic heterocycles. The molecule has 0 unspecified atom stereocenters. The van der Waals surface area contributed by atoms with Gasteiger partial charge >= 0.3 is 0 Å². The second kappa shape index (κ2) is 8.94. The Morgan fingerprint density at radius 1 is 1.31 bits per heavy atom. The topological polar surface area (TPSA) is 49.9 Å². The van der Waals surface area contributed by atoms with E-state index in [0.717, 1.165) is 11.1 Å². The fourth-order valence-corrected chi connectivity index (χ4v) is 0.866. The highest BCUT2D eigenvalue weighted by Gasteiger charge is 1.96. The van der Waals surface area contributed by atoms with Gasteiger partial charge in [0.25, 0.3) is 0 Å². The summed E-state index contributed by atoms with van der Waals surface area (Å²) in [5.74, 6) is 0. The SMILES string of the molecule is C=CC(/C(C)=C\C)=C(\C)C=N.CN. The summed E-state index contributed by atoms with van der Waals surface area (Å²) < 4.78 is 0. The second-order valence-corrected chi connectivity index (χ2v) is 2.42. The minimum atomic E-state index is 0.954. The third-order valence-electron chi connectivity index (χ3n) is 1.70. The summed E-state index contributed by atoms with van der Waals surface area (Å²) in [4.78, 5) is 0. The van der Waals surface area contributed by atoms with Gasteiger partial charge < -0.3 is 11.1 Å². The minimum Gasteiger partial charge on any atom is -0.333 e. The molecule has 0 fully saturated rings. The van der Waals surface area contributed by atoms with Gasteiger partial charge in [-0.1, -0.05) is 18.7 Å². The number of nitrogens with one attached hydrogen (secondary N) is 1. The van der Waals surface area contributed by atoms with E-state index in [1.807, 2.05) is 26.8 Å². The monoisotopic (exact) mass is 180 g/mol. The van der Waals surface area contributed by atoms with E-state index in [1.54, 1.807) is 6.08 Å². The molecule has 0 aliphatic carbocycles. The first-order valence-corrected chi connectivity index (χ1v) is 4.22. The minimum absolute atomic E-state index is 0.954. The Labute approximate surface area is 81.4 Å². The van der Waals surface area contributed by atoms with E-state index in [-0.39, 0.29) is 0 Å². The first-order chi connectivity index (χ1) is 6.17. The van der Waals surface area contributed by atoms with Crippen molar-refractivity contribution < 1.29 is 0 Å². The van der Waals surface area contributed by atoms with Crippen molar-refractivity contribution in [3.05, 3.63) is 35.5 Å². The lowest BCUT2D eigenvalue weighted by Crippen LogP contribution is -1.87. The van der Waals surface area contributed by atoms with Crippen LogP contribution in [0.15, 0.2) is 35.5 Å². The lowest BCUT2D eigenvalue weighted by molar-refractivity contribution is 1.35. The Hall–Kier alpha value is -1.15. The predicted molar refractivity (Wildman–Crippen MR) is 61.2 cm³/mol. The van der Waals surface area contributed by atoms with Gasteiger partial charge in [-0.15, -0.1) is 0 Å². The summed E-state index contributed by atoms with van der Waals surface area (Å²) in [6.07, 6.45) is 5.16. The van der Waals surface area contributed by atoms with Crippen molar-refractivity contribution in [1.29, 1.82) is 5.41 Å². The molecule has 0 bridgehead atoms. The van der Waals surface area contributed by atoms with Crippen LogP contribution in [0.4, 0.5) is 0 Å². The quantitative estimate of drug-likeness (QED) is 0.509. The van der Waals surface area contributed by atoms with Crippen molar-refractivity contribution in [3.8, 4) is 0 Å². The molecule has 0 spiro atoms. The highest BCUT2D eigenvalue weighted by molar-refractivity contribution is 5.78. The van der Waals surface area contributed by atoms with E-state index in [9.17, 15) is 0 Å². The third kappa shape index (κ3) is 5.15. The van der Waals surface area contributed by atoms with Gasteiger partial charge in [-0.2, -0.15) is 0 Å². The molecular formula is C11H20N2. The van der Waals surface area contributed by atoms with Crippen LogP contribution in [0.25, 0.3) is 0 Å². The van der Waals surface area contributed by atoms with Crippen LogP contribution in [0.2, 0.25) is 0 Å². The molecule has 0 atom stereocenters. The summed E-state index contributed by atoms with van der Waals surface area (Å²) in [7, 11) is 1.50. The smallest absolute Gasteiger partial charge is 0.0213 e. The van der Waals surface area contributed by atoms with Crippen molar-refractivity contribution in [2.75, 3.05) is 7.05 Å². The van der Waals surface area contributed by atoms with E-state index in [0.29, 0.717) is 0 Å². The van der Waals surface area contributed by atoms with Gasteiger partial charge in [-0.05, 0) is 44.5 Å². The first kappa shape index (κ1) is 14.4. The Morgan fingerprint density at radius 2 is 1.77 bits per heavy atom. The predicted octanol–water partition coefficient (Wildman–Crippen LogP) is 2.68. The van der Waals surface area contributed by atoms with E-state index in [1.165, 1.54) is 18.8 Å². The molecule has 2 nitrogen and oxygen atoms in total. The molecule has 2 heteroatoms. The summed E-state index contributed by atoms with van der Waals surface area (Å²) in [5.41, 5.74) is 7.68. The van der Waals surface area contributed by atoms with E-state index < -0.39 is 0 Å². The van der Waals surface area contributed by atoms with Crippen molar-refractivity contribution >= 4 is 6.21 Å². The van der Waals surface area contributed by atoms with Gasteiger partial charge in [0.15, 0.2) is 0 Å². The van der Waals surface area contributed by atoms with Gasteiger partial charge in [-0.3, -0.25) is 0 Å². The molecule has 13 heavy (non-hydrogen) atoms. The fraction of sp³-hybridized carbons (Fsp3) is 0.364. The van der Waals surface area contributed by atoms with Crippen LogP contribution >= 0.6 is 0 Å². The van der Waals surface area contributed by atoms with Crippen LogP contribution in [-0.4, -0.2) is 13.3 Å². The molecule has 0 aromatic heterocycles. The Balaban J connectivity index is 0. The van der Waals surface area contributed by atoms with Gasteiger partial charge in [0, 0.05) is 6.21 Å². The Kier molecular flexibility index (Phi) is 9.89. The van der Waals surface area contributed by atoms with Crippen molar-refractivity contribution in [3.63, 3.8) is 0 Å². The van der Waals surface area contributed by atoms with E-state index >= 15 is 0 Å². The number of nitrogens with two attached hydrogens (primary N) is 1. The van der Waals surface area contributed by atoms with Crippen LogP contribution in [0, 0.1) is 5.41 Å². The number of hydrogen-bond donors (Lipinski definition) is 2. The zero-order valence-corrected chi connectivity index (χ0v) is 9.02. The summed E-state index contributed by atoms with van der Waals surface area (Å²) in [5, 5.41) is 7.05. The highest BCUT2D eigenvalue weighted by atomic mass is 14.4. The highest BCUT2D eigenvalue weighted by Crippen LogP contribution is 2.13. The van der Waals surface area contributed by atoms with E-state index in [2.05, 4.69) is 12.3 Å². The number of allylic oxidation sites excluding steroid dienone is 5. The molecule has 0 aromatic carbocycles. The van der Waals surface area contributed by atoms with E-state index in [4.69, 9.17) is 5.41 Å². The summed E-state index contributed by atoms with van der Waals surface area (Å²) >= 11 is 0. The van der Waals surface area contributed by atoms with Gasteiger partial charge in [-0.25, -0.2) is 0 Å². The summed E-state index contributed by atoms with van der Waals surface area (Å²) in [6.45, 7) is 9.61. The van der Waals surface area contributed by atoms with Crippen LogP contribution < -0.4 is 5.73 Å². The van der Waals surface area contributed by atoms with Crippen molar-refractivity contribution in [2.45, 2.75) is 20.8 Å². The first-order valence-electron chi connectivity index (χ1n) is 4.22. The standard InChI is InChI=1S/C10H15N.CH5N/c1-5-8(3)10(6-2)9(4)7-11;1-2/h5-7,11H,2H2,1,3-4H3;2H2,1H3/b8-5-,10-9-,11-7?;. The lowest BCUT2D eigenvalue weighted by Gasteiger charge is -2.03. The maximum atomic E-state index is 7.05. The molecule has 0 radical (unpaired) electrons. The van der Waals surface area contributed by atoms with Crippen molar-refractivity contribution in [2.24, 2.45) is 5.73 Å².